The minimum Gasteiger partial charge on any atom is -0.371 e. The normalized spacial score (nSPS) is 15.3. The second kappa shape index (κ2) is 6.21. The Kier molecular flexibility index (Phi) is 5.18. The first-order valence-electron chi connectivity index (χ1n) is 5.81. The van der Waals surface area contributed by atoms with Crippen molar-refractivity contribution in [2.45, 2.75) is 38.5 Å². The highest BCUT2D eigenvalue weighted by molar-refractivity contribution is 7.89. The first-order valence-corrected chi connectivity index (χ1v) is 7.42. The molecule has 0 radical (unpaired) electrons. The van der Waals surface area contributed by atoms with Crippen molar-refractivity contribution in [3.05, 3.63) is 23.8 Å². The highest BCUT2D eigenvalue weighted by Crippen LogP contribution is 2.25. The second-order valence-corrected chi connectivity index (χ2v) is 5.78. The van der Waals surface area contributed by atoms with Crippen LogP contribution in [0.15, 0.2) is 12.4 Å². The Labute approximate surface area is 108 Å². The summed E-state index contributed by atoms with van der Waals surface area (Å²) in [6.45, 7) is 5.74. The molecular weight excluding hydrogens is 254 g/mol. The van der Waals surface area contributed by atoms with Gasteiger partial charge in [0.2, 0.25) is 10.0 Å². The first kappa shape index (κ1) is 15.0. The van der Waals surface area contributed by atoms with E-state index in [4.69, 9.17) is 9.88 Å². The summed E-state index contributed by atoms with van der Waals surface area (Å²) in [6.07, 6.45) is 2.79. The van der Waals surface area contributed by atoms with E-state index in [1.807, 2.05) is 6.92 Å². The van der Waals surface area contributed by atoms with Crippen LogP contribution < -0.4 is 5.14 Å². The van der Waals surface area contributed by atoms with Gasteiger partial charge in [0.15, 0.2) is 0 Å². The van der Waals surface area contributed by atoms with Gasteiger partial charge in [-0.3, -0.25) is 9.97 Å². The third kappa shape index (κ3) is 3.72. The molecule has 0 saturated heterocycles. The molecule has 18 heavy (non-hydrogen) atoms. The van der Waals surface area contributed by atoms with Crippen molar-refractivity contribution < 1.29 is 13.2 Å². The fourth-order valence-corrected chi connectivity index (χ4v) is 2.76. The molecule has 1 aromatic rings. The van der Waals surface area contributed by atoms with E-state index < -0.39 is 21.4 Å². The molecule has 1 rings (SSSR count). The van der Waals surface area contributed by atoms with Crippen molar-refractivity contribution in [1.82, 2.24) is 9.97 Å². The molecule has 7 heteroatoms. The smallest absolute Gasteiger partial charge is 0.214 e. The molecule has 0 aromatic carbocycles. The maximum absolute atomic E-state index is 11.6. The molecule has 0 bridgehead atoms. The summed E-state index contributed by atoms with van der Waals surface area (Å²) in [6, 6.07) is 0. The lowest BCUT2D eigenvalue weighted by atomic mass is 10.1. The van der Waals surface area contributed by atoms with Crippen LogP contribution in [0.5, 0.6) is 0 Å². The molecule has 0 spiro atoms. The Bertz CT molecular complexity index is 473. The number of hydrogen-bond acceptors (Lipinski definition) is 5. The summed E-state index contributed by atoms with van der Waals surface area (Å²) in [5.41, 5.74) is 1.25. The molecule has 0 unspecified atom stereocenters. The van der Waals surface area contributed by atoms with Crippen molar-refractivity contribution >= 4 is 10.0 Å². The zero-order chi connectivity index (χ0) is 13.8. The average Bonchev–Trinajstić information content (AvgIpc) is 2.28. The van der Waals surface area contributed by atoms with Crippen molar-refractivity contribution in [1.29, 1.82) is 0 Å². The number of nitrogens with two attached hydrogens (primary N) is 1. The molecule has 6 nitrogen and oxygen atoms in total. The minimum absolute atomic E-state index is 0.360. The zero-order valence-corrected chi connectivity index (χ0v) is 11.6. The quantitative estimate of drug-likeness (QED) is 0.832. The Balaban J connectivity index is 3.12. The van der Waals surface area contributed by atoms with Crippen LogP contribution in [0.3, 0.4) is 0 Å². The highest BCUT2D eigenvalue weighted by Gasteiger charge is 2.32. The predicted octanol–water partition coefficient (Wildman–Crippen LogP) is 0.930. The number of aromatic nitrogens is 2. The first-order chi connectivity index (χ1) is 8.40. The van der Waals surface area contributed by atoms with Crippen LogP contribution in [-0.2, 0) is 14.8 Å². The molecule has 2 N–H and O–H groups in total. The van der Waals surface area contributed by atoms with E-state index in [0.29, 0.717) is 18.7 Å². The SMILES string of the molecule is CCO[C@@H](c1cnc(C)cn1)[C@@H](CC)S(N)(=O)=O. The van der Waals surface area contributed by atoms with Crippen LogP contribution in [0, 0.1) is 6.92 Å². The van der Waals surface area contributed by atoms with Gasteiger partial charge in [0, 0.05) is 12.8 Å². The summed E-state index contributed by atoms with van der Waals surface area (Å²) in [5.74, 6) is 0. The van der Waals surface area contributed by atoms with E-state index in [1.54, 1.807) is 20.0 Å². The molecule has 102 valence electrons. The summed E-state index contributed by atoms with van der Waals surface area (Å²) in [4.78, 5) is 8.27. The number of primary sulfonamides is 1. The summed E-state index contributed by atoms with van der Waals surface area (Å²) in [7, 11) is -3.69. The van der Waals surface area contributed by atoms with Gasteiger partial charge in [-0.2, -0.15) is 0 Å². The number of sulfonamides is 1. The molecule has 2 atom stereocenters. The van der Waals surface area contributed by atoms with E-state index in [2.05, 4.69) is 9.97 Å². The molecule has 0 aliphatic heterocycles. The van der Waals surface area contributed by atoms with E-state index in [-0.39, 0.29) is 0 Å². The van der Waals surface area contributed by atoms with Gasteiger partial charge >= 0.3 is 0 Å². The predicted molar refractivity (Wildman–Crippen MR) is 68.3 cm³/mol. The monoisotopic (exact) mass is 273 g/mol. The molecule has 0 saturated carbocycles. The van der Waals surface area contributed by atoms with Gasteiger partial charge in [-0.25, -0.2) is 13.6 Å². The van der Waals surface area contributed by atoms with Crippen molar-refractivity contribution in [2.24, 2.45) is 5.14 Å². The molecule has 1 heterocycles. The minimum atomic E-state index is -3.69. The third-order valence-electron chi connectivity index (χ3n) is 2.60. The van der Waals surface area contributed by atoms with Crippen LogP contribution in [0.1, 0.15) is 37.8 Å². The van der Waals surface area contributed by atoms with Crippen molar-refractivity contribution in [3.63, 3.8) is 0 Å². The van der Waals surface area contributed by atoms with Crippen molar-refractivity contribution in [3.8, 4) is 0 Å². The highest BCUT2D eigenvalue weighted by atomic mass is 32.2. The van der Waals surface area contributed by atoms with Gasteiger partial charge in [0.1, 0.15) is 11.4 Å². The summed E-state index contributed by atoms with van der Waals surface area (Å²) < 4.78 is 28.6. The fraction of sp³-hybridized carbons (Fsp3) is 0.636. The summed E-state index contributed by atoms with van der Waals surface area (Å²) >= 11 is 0. The van der Waals surface area contributed by atoms with Gasteiger partial charge < -0.3 is 4.74 Å². The van der Waals surface area contributed by atoms with Crippen LogP contribution in [0.2, 0.25) is 0 Å². The van der Waals surface area contributed by atoms with Gasteiger partial charge in [-0.1, -0.05) is 6.92 Å². The molecule has 0 aliphatic rings. The molecule has 0 amide bonds. The van der Waals surface area contributed by atoms with E-state index >= 15 is 0 Å². The Hall–Kier alpha value is -1.05. The number of hydrogen-bond donors (Lipinski definition) is 1. The number of aryl methyl sites for hydroxylation is 1. The van der Waals surface area contributed by atoms with Gasteiger partial charge in [0.25, 0.3) is 0 Å². The molecular formula is C11H19N3O3S. The van der Waals surface area contributed by atoms with Crippen LogP contribution in [-0.4, -0.2) is 30.2 Å². The van der Waals surface area contributed by atoms with E-state index in [0.717, 1.165) is 5.69 Å². The maximum atomic E-state index is 11.6. The van der Waals surface area contributed by atoms with Crippen LogP contribution in [0.4, 0.5) is 0 Å². The number of nitrogens with zero attached hydrogens (tertiary/aromatic N) is 2. The van der Waals surface area contributed by atoms with Gasteiger partial charge in [-0.05, 0) is 20.3 Å². The standard InChI is InChI=1S/C11H19N3O3S/c1-4-10(18(12,15)16)11(17-5-2)9-7-13-8(3)6-14-9/h6-7,10-11H,4-5H2,1-3H3,(H2,12,15,16)/t10-,11+/m1/s1. The topological polar surface area (TPSA) is 95.2 Å². The van der Waals surface area contributed by atoms with E-state index in [9.17, 15) is 8.42 Å². The lowest BCUT2D eigenvalue weighted by Gasteiger charge is -2.23. The molecule has 0 aliphatic carbocycles. The second-order valence-electron chi connectivity index (χ2n) is 3.99. The average molecular weight is 273 g/mol. The zero-order valence-electron chi connectivity index (χ0n) is 10.8. The van der Waals surface area contributed by atoms with Crippen molar-refractivity contribution in [2.75, 3.05) is 6.61 Å². The van der Waals surface area contributed by atoms with Crippen LogP contribution >= 0.6 is 0 Å². The largest absolute Gasteiger partial charge is 0.371 e. The Morgan fingerprint density at radius 1 is 1.33 bits per heavy atom. The van der Waals surface area contributed by atoms with Crippen LogP contribution in [0.25, 0.3) is 0 Å². The lowest BCUT2D eigenvalue weighted by molar-refractivity contribution is 0.0548. The Morgan fingerprint density at radius 3 is 2.39 bits per heavy atom. The lowest BCUT2D eigenvalue weighted by Crippen LogP contribution is -2.35. The van der Waals surface area contributed by atoms with E-state index in [1.165, 1.54) is 6.20 Å². The maximum Gasteiger partial charge on any atom is 0.214 e. The van der Waals surface area contributed by atoms with Gasteiger partial charge in [0.05, 0.1) is 17.6 Å². The Morgan fingerprint density at radius 2 is 2.00 bits per heavy atom. The fourth-order valence-electron chi connectivity index (χ4n) is 1.73. The third-order valence-corrected chi connectivity index (χ3v) is 4.03. The number of rotatable bonds is 6. The summed E-state index contributed by atoms with van der Waals surface area (Å²) in [5, 5.41) is 4.42. The number of ether oxygens (including phenoxy) is 1. The molecule has 0 fully saturated rings. The molecule has 1 aromatic heterocycles. The van der Waals surface area contributed by atoms with Gasteiger partial charge in [-0.15, -0.1) is 0 Å².